The number of hydrogen-bond acceptors (Lipinski definition) is 8. The number of amides is 4. The number of ether oxygens (including phenoxy) is 2. The molecule has 4 N–H and O–H groups in total. The summed E-state index contributed by atoms with van der Waals surface area (Å²) in [6.07, 6.45) is -1.38. The van der Waals surface area contributed by atoms with Crippen LogP contribution < -0.4 is 20.7 Å². The van der Waals surface area contributed by atoms with Gasteiger partial charge in [-0.25, -0.2) is 18.0 Å². The van der Waals surface area contributed by atoms with Crippen LogP contribution in [0, 0.1) is 11.2 Å². The van der Waals surface area contributed by atoms with Crippen molar-refractivity contribution in [1.82, 2.24) is 20.9 Å². The summed E-state index contributed by atoms with van der Waals surface area (Å²) in [4.78, 5) is 51.8. The molecule has 3 aromatic rings. The van der Waals surface area contributed by atoms with E-state index in [1.54, 1.807) is 18.4 Å². The molecule has 2 aromatic carbocycles. The molecule has 0 aliphatic carbocycles. The van der Waals surface area contributed by atoms with Crippen LogP contribution in [0.25, 0.3) is 0 Å². The number of carbonyl (C=O) groups excluding carboxylic acids is 4. The Hall–Kier alpha value is -4.92. The number of methoxy groups -OCH3 is 1. The van der Waals surface area contributed by atoms with Crippen molar-refractivity contribution >= 4 is 41.0 Å². The molecule has 0 bridgehead atoms. The van der Waals surface area contributed by atoms with Crippen molar-refractivity contribution < 1.29 is 41.8 Å². The number of hydrogen-bond donors (Lipinski definition) is 4. The first-order chi connectivity index (χ1) is 21.4. The third kappa shape index (κ3) is 8.38. The number of rotatable bonds is 10. The van der Waals surface area contributed by atoms with Crippen LogP contribution in [0.1, 0.15) is 40.2 Å². The lowest BCUT2D eigenvalue weighted by molar-refractivity contribution is -0.138. The van der Waals surface area contributed by atoms with Crippen molar-refractivity contribution in [3.8, 4) is 11.5 Å². The zero-order valence-corrected chi connectivity index (χ0v) is 25.0. The Labute approximate surface area is 260 Å². The van der Waals surface area contributed by atoms with Gasteiger partial charge in [0.2, 0.25) is 11.8 Å². The van der Waals surface area contributed by atoms with Gasteiger partial charge in [-0.2, -0.15) is 0 Å². The molecule has 0 unspecified atom stereocenters. The number of nitrogens with zero attached hydrogens (tertiary/aromatic N) is 1. The minimum Gasteiger partial charge on any atom is -0.457 e. The standard InChI is InChI=1S/C30H30F3N5O6S/c1-17(24-11-19(14-45-24)26(34)37-29(42)43-2)36-28(41)23-12-30(33,15-31)16-38(23)25(39)13-35-27(40)18-3-7-21(8-4-18)44-22-9-5-20(32)6-10-22/h3-11,14,17,23H,12-13,15-16H2,1-2H3,(H,35,40)(H,36,41)(H2,34,37,42)/t17-,23+,30+/m1/s1. The van der Waals surface area contributed by atoms with Gasteiger partial charge >= 0.3 is 6.09 Å². The Morgan fingerprint density at radius 3 is 2.36 bits per heavy atom. The van der Waals surface area contributed by atoms with Crippen LogP contribution in [0.15, 0.2) is 60.0 Å². The van der Waals surface area contributed by atoms with Crippen molar-refractivity contribution in [3.63, 3.8) is 0 Å². The number of benzene rings is 2. The predicted molar refractivity (Wildman–Crippen MR) is 158 cm³/mol. The van der Waals surface area contributed by atoms with E-state index in [1.807, 2.05) is 0 Å². The predicted octanol–water partition coefficient (Wildman–Crippen LogP) is 4.25. The molecule has 238 valence electrons. The first kappa shape index (κ1) is 33.0. The highest BCUT2D eigenvalue weighted by Crippen LogP contribution is 2.32. The molecule has 0 radical (unpaired) electrons. The molecule has 0 spiro atoms. The van der Waals surface area contributed by atoms with E-state index in [0.29, 0.717) is 21.9 Å². The van der Waals surface area contributed by atoms with Gasteiger partial charge in [0.1, 0.15) is 35.9 Å². The van der Waals surface area contributed by atoms with Gasteiger partial charge in [0.25, 0.3) is 5.91 Å². The molecule has 45 heavy (non-hydrogen) atoms. The van der Waals surface area contributed by atoms with Gasteiger partial charge in [0, 0.05) is 27.8 Å². The number of halogens is 3. The Kier molecular flexibility index (Phi) is 10.4. The molecule has 11 nitrogen and oxygen atoms in total. The van der Waals surface area contributed by atoms with E-state index in [1.165, 1.54) is 59.9 Å². The summed E-state index contributed by atoms with van der Waals surface area (Å²) in [5.41, 5.74) is -1.88. The van der Waals surface area contributed by atoms with Gasteiger partial charge < -0.3 is 25.0 Å². The maximum atomic E-state index is 15.1. The number of likely N-dealkylation sites (tertiary alicyclic amines) is 1. The fraction of sp³-hybridized carbons (Fsp3) is 0.300. The normalized spacial score (nSPS) is 18.1. The van der Waals surface area contributed by atoms with E-state index in [2.05, 4.69) is 20.7 Å². The van der Waals surface area contributed by atoms with Crippen molar-refractivity contribution in [3.05, 3.63) is 81.8 Å². The van der Waals surface area contributed by atoms with E-state index < -0.39 is 73.6 Å². The largest absolute Gasteiger partial charge is 0.457 e. The van der Waals surface area contributed by atoms with Gasteiger partial charge in [-0.1, -0.05) is 0 Å². The summed E-state index contributed by atoms with van der Waals surface area (Å²) in [6, 6.07) is 10.9. The van der Waals surface area contributed by atoms with Crippen LogP contribution >= 0.6 is 11.3 Å². The Morgan fingerprint density at radius 2 is 1.73 bits per heavy atom. The zero-order valence-electron chi connectivity index (χ0n) is 24.2. The number of thiophene rings is 1. The number of nitrogens with one attached hydrogen (secondary N) is 4. The van der Waals surface area contributed by atoms with E-state index in [4.69, 9.17) is 10.1 Å². The lowest BCUT2D eigenvalue weighted by Gasteiger charge is -2.25. The highest BCUT2D eigenvalue weighted by atomic mass is 32.1. The van der Waals surface area contributed by atoms with Crippen LogP contribution in [0.2, 0.25) is 0 Å². The lowest BCUT2D eigenvalue weighted by atomic mass is 10.0. The molecule has 4 rings (SSSR count). The molecule has 2 heterocycles. The minimum absolute atomic E-state index is 0.188. The lowest BCUT2D eigenvalue weighted by Crippen LogP contribution is -2.49. The summed E-state index contributed by atoms with van der Waals surface area (Å²) < 4.78 is 51.8. The van der Waals surface area contributed by atoms with Gasteiger partial charge in [-0.3, -0.25) is 25.1 Å². The molecular formula is C30H30F3N5O6S. The van der Waals surface area contributed by atoms with Crippen LogP contribution in [0.3, 0.4) is 0 Å². The topological polar surface area (TPSA) is 150 Å². The molecule has 1 fully saturated rings. The molecule has 1 saturated heterocycles. The summed E-state index contributed by atoms with van der Waals surface area (Å²) in [6.45, 7) is -1.00. The van der Waals surface area contributed by atoms with Crippen molar-refractivity contribution in [2.75, 3.05) is 26.9 Å². The Bertz CT molecular complexity index is 1570. The second kappa shape index (κ2) is 14.2. The highest BCUT2D eigenvalue weighted by molar-refractivity contribution is 7.10. The molecule has 1 aromatic heterocycles. The Balaban J connectivity index is 1.35. The van der Waals surface area contributed by atoms with Crippen molar-refractivity contribution in [1.29, 1.82) is 5.41 Å². The fourth-order valence-electron chi connectivity index (χ4n) is 4.52. The van der Waals surface area contributed by atoms with Crippen molar-refractivity contribution in [2.24, 2.45) is 0 Å². The van der Waals surface area contributed by atoms with Crippen molar-refractivity contribution in [2.45, 2.75) is 31.1 Å². The molecule has 3 atom stereocenters. The van der Waals surface area contributed by atoms with Crippen LogP contribution in [-0.4, -0.2) is 73.1 Å². The monoisotopic (exact) mass is 645 g/mol. The van der Waals surface area contributed by atoms with E-state index >= 15 is 4.39 Å². The van der Waals surface area contributed by atoms with Crippen LogP contribution in [0.4, 0.5) is 18.0 Å². The first-order valence-electron chi connectivity index (χ1n) is 13.6. The average molecular weight is 646 g/mol. The first-order valence-corrected chi connectivity index (χ1v) is 14.5. The van der Waals surface area contributed by atoms with E-state index in [-0.39, 0.29) is 11.4 Å². The third-order valence-electron chi connectivity index (χ3n) is 6.92. The minimum atomic E-state index is -2.43. The van der Waals surface area contributed by atoms with Gasteiger partial charge in [-0.15, -0.1) is 11.3 Å². The number of alkyl halides is 2. The van der Waals surface area contributed by atoms with E-state index in [0.717, 1.165) is 12.0 Å². The quantitative estimate of drug-likeness (QED) is 0.191. The van der Waals surface area contributed by atoms with Crippen LogP contribution in [-0.2, 0) is 14.3 Å². The molecule has 4 amide bonds. The van der Waals surface area contributed by atoms with Crippen LogP contribution in [0.5, 0.6) is 11.5 Å². The average Bonchev–Trinajstić information content (AvgIpc) is 3.67. The molecule has 15 heteroatoms. The summed E-state index contributed by atoms with van der Waals surface area (Å²) >= 11 is 1.20. The number of carbonyl (C=O) groups is 4. The van der Waals surface area contributed by atoms with Gasteiger partial charge in [0.05, 0.1) is 26.2 Å². The second-order valence-corrected chi connectivity index (χ2v) is 11.2. The molecule has 1 aliphatic heterocycles. The molecular weight excluding hydrogens is 615 g/mol. The molecule has 0 saturated carbocycles. The molecule has 1 aliphatic rings. The van der Waals surface area contributed by atoms with E-state index in [9.17, 15) is 28.0 Å². The number of amidine groups is 1. The summed E-state index contributed by atoms with van der Waals surface area (Å²) in [7, 11) is 1.16. The highest BCUT2D eigenvalue weighted by Gasteiger charge is 2.49. The Morgan fingerprint density at radius 1 is 1.09 bits per heavy atom. The fourth-order valence-corrected chi connectivity index (χ4v) is 5.43. The van der Waals surface area contributed by atoms with Gasteiger partial charge in [0.15, 0.2) is 5.67 Å². The zero-order chi connectivity index (χ0) is 32.7. The second-order valence-electron chi connectivity index (χ2n) is 10.2. The summed E-state index contributed by atoms with van der Waals surface area (Å²) in [5.74, 6) is -1.96. The third-order valence-corrected chi connectivity index (χ3v) is 8.04. The smallest absolute Gasteiger partial charge is 0.412 e. The maximum Gasteiger partial charge on any atom is 0.412 e. The summed E-state index contributed by atoms with van der Waals surface area (Å²) in [5, 5.41) is 16.9. The number of alkyl carbamates (subject to hydrolysis) is 1. The maximum absolute atomic E-state index is 15.1. The van der Waals surface area contributed by atoms with Gasteiger partial charge in [-0.05, 0) is 61.5 Å². The SMILES string of the molecule is COC(=O)NC(=N)c1csc([C@@H](C)NC(=O)[C@@H]2C[C@](F)(CF)CN2C(=O)CNC(=O)c2ccc(Oc3ccc(F)cc3)cc2)c1.